The Labute approximate surface area is 138 Å². The highest BCUT2D eigenvalue weighted by molar-refractivity contribution is 7.92. The number of hydrogen-bond acceptors (Lipinski definition) is 3. The minimum absolute atomic E-state index is 0.00912. The molecule has 0 spiro atoms. The van der Waals surface area contributed by atoms with Gasteiger partial charge in [-0.1, -0.05) is 12.1 Å². The molecule has 0 aliphatic heterocycles. The molecular formula is C16H14F2N2O3S. The Kier molecular flexibility index (Phi) is 5.30. The molecule has 1 amide bonds. The van der Waals surface area contributed by atoms with Crippen molar-refractivity contribution < 1.29 is 22.0 Å². The van der Waals surface area contributed by atoms with Crippen LogP contribution in [-0.2, 0) is 14.8 Å². The lowest BCUT2D eigenvalue weighted by Gasteiger charge is -2.04. The van der Waals surface area contributed by atoms with Gasteiger partial charge < -0.3 is 5.32 Å². The quantitative estimate of drug-likeness (QED) is 0.813. The Balaban J connectivity index is 2.00. The summed E-state index contributed by atoms with van der Waals surface area (Å²) in [6.07, 6.45) is 3.72. The summed E-state index contributed by atoms with van der Waals surface area (Å²) in [7, 11) is -3.35. The second kappa shape index (κ2) is 7.22. The third kappa shape index (κ3) is 5.81. The number of carbonyl (C=O) groups excluding carboxylic acids is 1. The molecule has 126 valence electrons. The molecule has 0 aromatic heterocycles. The highest BCUT2D eigenvalue weighted by Crippen LogP contribution is 2.14. The molecule has 0 bridgehead atoms. The summed E-state index contributed by atoms with van der Waals surface area (Å²) in [5.41, 5.74) is 1.05. The van der Waals surface area contributed by atoms with Crippen molar-refractivity contribution in [2.24, 2.45) is 0 Å². The van der Waals surface area contributed by atoms with E-state index in [1.165, 1.54) is 12.2 Å². The van der Waals surface area contributed by atoms with Crippen molar-refractivity contribution in [2.75, 3.05) is 16.3 Å². The van der Waals surface area contributed by atoms with E-state index in [0.29, 0.717) is 17.3 Å². The number of benzene rings is 2. The van der Waals surface area contributed by atoms with Crippen LogP contribution in [0.4, 0.5) is 20.2 Å². The van der Waals surface area contributed by atoms with Gasteiger partial charge >= 0.3 is 0 Å². The number of sulfonamides is 1. The van der Waals surface area contributed by atoms with Crippen molar-refractivity contribution in [3.05, 3.63) is 65.7 Å². The molecule has 0 unspecified atom stereocenters. The van der Waals surface area contributed by atoms with Gasteiger partial charge in [0.2, 0.25) is 15.9 Å². The van der Waals surface area contributed by atoms with E-state index in [0.717, 1.165) is 18.4 Å². The zero-order valence-electron chi connectivity index (χ0n) is 12.6. The van der Waals surface area contributed by atoms with E-state index in [-0.39, 0.29) is 5.69 Å². The monoisotopic (exact) mass is 352 g/mol. The average molecular weight is 352 g/mol. The molecule has 0 saturated heterocycles. The number of halogens is 2. The predicted octanol–water partition coefficient (Wildman–Crippen LogP) is 2.99. The summed E-state index contributed by atoms with van der Waals surface area (Å²) in [4.78, 5) is 11.7. The number of nitrogens with one attached hydrogen (secondary N) is 2. The number of hydrogen-bond donors (Lipinski definition) is 2. The SMILES string of the molecule is CS(=O)(=O)Nc1ccc(/C=C/C(=O)Nc2cc(F)cc(F)c2)cc1. The van der Waals surface area contributed by atoms with E-state index in [1.807, 2.05) is 0 Å². The zero-order valence-corrected chi connectivity index (χ0v) is 13.4. The van der Waals surface area contributed by atoms with Gasteiger partial charge in [-0.25, -0.2) is 17.2 Å². The molecule has 2 N–H and O–H groups in total. The van der Waals surface area contributed by atoms with Crippen LogP contribution in [0.25, 0.3) is 6.08 Å². The Morgan fingerprint density at radius 1 is 1.00 bits per heavy atom. The molecule has 0 aliphatic rings. The van der Waals surface area contributed by atoms with Gasteiger partial charge in [0.15, 0.2) is 0 Å². The summed E-state index contributed by atoms with van der Waals surface area (Å²) in [5.74, 6) is -2.13. The summed E-state index contributed by atoms with van der Waals surface area (Å²) >= 11 is 0. The second-order valence-electron chi connectivity index (χ2n) is 4.98. The van der Waals surface area contributed by atoms with E-state index in [2.05, 4.69) is 10.0 Å². The van der Waals surface area contributed by atoms with Gasteiger partial charge in [0.25, 0.3) is 0 Å². The normalized spacial score (nSPS) is 11.5. The molecule has 0 heterocycles. The standard InChI is InChI=1S/C16H14F2N2O3S/c1-24(22,23)20-14-5-2-11(3-6-14)4-7-16(21)19-15-9-12(17)8-13(18)10-15/h2-10,20H,1H3,(H,19,21)/b7-4+. The van der Waals surface area contributed by atoms with Crippen LogP contribution in [0.2, 0.25) is 0 Å². The van der Waals surface area contributed by atoms with Gasteiger partial charge in [0, 0.05) is 23.5 Å². The molecular weight excluding hydrogens is 338 g/mol. The predicted molar refractivity (Wildman–Crippen MR) is 88.9 cm³/mol. The van der Waals surface area contributed by atoms with E-state index in [1.54, 1.807) is 24.3 Å². The highest BCUT2D eigenvalue weighted by Gasteiger charge is 2.03. The topological polar surface area (TPSA) is 75.3 Å². The molecule has 2 rings (SSSR count). The Morgan fingerprint density at radius 3 is 2.12 bits per heavy atom. The molecule has 24 heavy (non-hydrogen) atoms. The number of amides is 1. The molecule has 2 aromatic rings. The fraction of sp³-hybridized carbons (Fsp3) is 0.0625. The molecule has 0 fully saturated rings. The van der Waals surface area contributed by atoms with Crippen molar-refractivity contribution in [1.82, 2.24) is 0 Å². The second-order valence-corrected chi connectivity index (χ2v) is 6.73. The number of rotatable bonds is 5. The van der Waals surface area contributed by atoms with Crippen molar-refractivity contribution >= 4 is 33.4 Å². The van der Waals surface area contributed by atoms with Crippen LogP contribution >= 0.6 is 0 Å². The molecule has 8 heteroatoms. The van der Waals surface area contributed by atoms with Gasteiger partial charge in [0.1, 0.15) is 11.6 Å². The van der Waals surface area contributed by atoms with Crippen LogP contribution in [0, 0.1) is 11.6 Å². The third-order valence-corrected chi connectivity index (χ3v) is 3.38. The van der Waals surface area contributed by atoms with Gasteiger partial charge in [-0.2, -0.15) is 0 Å². The summed E-state index contributed by atoms with van der Waals surface area (Å²) < 4.78 is 50.5. The lowest BCUT2D eigenvalue weighted by Crippen LogP contribution is -2.09. The van der Waals surface area contributed by atoms with E-state index >= 15 is 0 Å². The lowest BCUT2D eigenvalue weighted by molar-refractivity contribution is -0.111. The van der Waals surface area contributed by atoms with E-state index in [9.17, 15) is 22.0 Å². The maximum Gasteiger partial charge on any atom is 0.248 e. The first-order valence-corrected chi connectivity index (χ1v) is 8.63. The number of carbonyl (C=O) groups is 1. The van der Waals surface area contributed by atoms with Crippen LogP contribution in [0.1, 0.15) is 5.56 Å². The van der Waals surface area contributed by atoms with E-state index in [4.69, 9.17) is 0 Å². The Bertz CT molecular complexity index is 858. The van der Waals surface area contributed by atoms with Gasteiger partial charge in [0.05, 0.1) is 6.26 Å². The highest BCUT2D eigenvalue weighted by atomic mass is 32.2. The van der Waals surface area contributed by atoms with Crippen LogP contribution in [0.5, 0.6) is 0 Å². The first kappa shape index (κ1) is 17.6. The fourth-order valence-electron chi connectivity index (χ4n) is 1.86. The molecule has 5 nitrogen and oxygen atoms in total. The van der Waals surface area contributed by atoms with Crippen molar-refractivity contribution in [2.45, 2.75) is 0 Å². The lowest BCUT2D eigenvalue weighted by atomic mass is 10.2. The number of anilines is 2. The molecule has 2 aromatic carbocycles. The van der Waals surface area contributed by atoms with E-state index < -0.39 is 27.6 Å². The van der Waals surface area contributed by atoms with Crippen LogP contribution in [0.3, 0.4) is 0 Å². The van der Waals surface area contributed by atoms with Crippen LogP contribution in [-0.4, -0.2) is 20.6 Å². The van der Waals surface area contributed by atoms with Crippen LogP contribution in [0.15, 0.2) is 48.5 Å². The summed E-state index contributed by atoms with van der Waals surface area (Å²) in [6.45, 7) is 0. The molecule has 0 atom stereocenters. The Hall–Kier alpha value is -2.74. The summed E-state index contributed by atoms with van der Waals surface area (Å²) in [5, 5.41) is 2.34. The minimum Gasteiger partial charge on any atom is -0.322 e. The summed E-state index contributed by atoms with van der Waals surface area (Å²) in [6, 6.07) is 9.01. The molecule has 0 saturated carbocycles. The van der Waals surface area contributed by atoms with Gasteiger partial charge in [-0.3, -0.25) is 9.52 Å². The van der Waals surface area contributed by atoms with Crippen LogP contribution < -0.4 is 10.0 Å². The third-order valence-electron chi connectivity index (χ3n) is 2.77. The van der Waals surface area contributed by atoms with Gasteiger partial charge in [-0.05, 0) is 35.9 Å². The first-order chi connectivity index (χ1) is 11.2. The maximum absolute atomic E-state index is 13.0. The van der Waals surface area contributed by atoms with Crippen molar-refractivity contribution in [3.63, 3.8) is 0 Å². The smallest absolute Gasteiger partial charge is 0.248 e. The first-order valence-electron chi connectivity index (χ1n) is 6.74. The molecule has 0 aliphatic carbocycles. The molecule has 0 radical (unpaired) electrons. The maximum atomic E-state index is 13.0. The Morgan fingerprint density at radius 2 is 1.58 bits per heavy atom. The fourth-order valence-corrected chi connectivity index (χ4v) is 2.42. The average Bonchev–Trinajstić information content (AvgIpc) is 2.44. The largest absolute Gasteiger partial charge is 0.322 e. The van der Waals surface area contributed by atoms with Crippen molar-refractivity contribution in [3.8, 4) is 0 Å². The zero-order chi connectivity index (χ0) is 17.7. The van der Waals surface area contributed by atoms with Crippen molar-refractivity contribution in [1.29, 1.82) is 0 Å². The van der Waals surface area contributed by atoms with Gasteiger partial charge in [-0.15, -0.1) is 0 Å². The minimum atomic E-state index is -3.35.